The van der Waals surface area contributed by atoms with Crippen molar-refractivity contribution in [3.8, 4) is 23.1 Å². The molecule has 0 amide bonds. The Hall–Kier alpha value is -2.68. The molecule has 1 heterocycles. The number of ether oxygens (including phenoxy) is 1. The number of aryl methyl sites for hydroxylation is 1. The lowest BCUT2D eigenvalue weighted by atomic mass is 10.1. The van der Waals surface area contributed by atoms with E-state index in [0.29, 0.717) is 5.56 Å². The highest BCUT2D eigenvalue weighted by molar-refractivity contribution is 5.62. The Balaban J connectivity index is 2.58. The van der Waals surface area contributed by atoms with Gasteiger partial charge in [0.05, 0.1) is 11.3 Å². The molecule has 0 bridgehead atoms. The Morgan fingerprint density at radius 3 is 2.48 bits per heavy atom. The van der Waals surface area contributed by atoms with Crippen LogP contribution in [0.5, 0.6) is 5.75 Å². The molecule has 0 spiro atoms. The third kappa shape index (κ3) is 2.77. The van der Waals surface area contributed by atoms with Gasteiger partial charge in [0.15, 0.2) is 6.61 Å². The Kier molecular flexibility index (Phi) is 4.03. The fourth-order valence-electron chi connectivity index (χ4n) is 2.01. The van der Waals surface area contributed by atoms with Crippen molar-refractivity contribution in [1.29, 1.82) is 5.26 Å². The number of benzene rings is 1. The van der Waals surface area contributed by atoms with Crippen LogP contribution in [-0.4, -0.2) is 11.2 Å². The highest BCUT2D eigenvalue weighted by atomic mass is 19.1. The molecule has 0 radical (unpaired) electrons. The van der Waals surface area contributed by atoms with Gasteiger partial charge in [-0.15, -0.1) is 0 Å². The zero-order valence-corrected chi connectivity index (χ0v) is 11.5. The van der Waals surface area contributed by atoms with Gasteiger partial charge < -0.3 is 9.30 Å². The van der Waals surface area contributed by atoms with Crippen molar-refractivity contribution in [2.24, 2.45) is 7.05 Å². The van der Waals surface area contributed by atoms with Gasteiger partial charge in [-0.25, -0.2) is 8.78 Å². The summed E-state index contributed by atoms with van der Waals surface area (Å²) in [5, 5.41) is 8.39. The molecule has 0 unspecified atom stereocenters. The minimum absolute atomic E-state index is 0.0765. The van der Waals surface area contributed by atoms with Crippen molar-refractivity contribution in [2.45, 2.75) is 6.92 Å². The van der Waals surface area contributed by atoms with Gasteiger partial charge in [-0.05, 0) is 13.0 Å². The summed E-state index contributed by atoms with van der Waals surface area (Å²) in [5.74, 6) is -1.80. The van der Waals surface area contributed by atoms with Crippen LogP contribution in [0.3, 0.4) is 0 Å². The topological polar surface area (TPSA) is 55.0 Å². The van der Waals surface area contributed by atoms with Crippen molar-refractivity contribution in [3.05, 3.63) is 51.8 Å². The Morgan fingerprint density at radius 2 is 1.90 bits per heavy atom. The van der Waals surface area contributed by atoms with Gasteiger partial charge in [0.2, 0.25) is 0 Å². The molecule has 0 fully saturated rings. The number of hydrogen-bond donors (Lipinski definition) is 0. The van der Waals surface area contributed by atoms with Gasteiger partial charge in [-0.2, -0.15) is 5.26 Å². The van der Waals surface area contributed by atoms with Crippen molar-refractivity contribution in [2.75, 3.05) is 6.61 Å². The Bertz CT molecular complexity index is 768. The SMILES string of the molecule is Cc1ccc(-c2c(F)cc(OCC#N)cc2F)n(C)c1=O. The smallest absolute Gasteiger partial charge is 0.253 e. The van der Waals surface area contributed by atoms with Crippen LogP contribution >= 0.6 is 0 Å². The Morgan fingerprint density at radius 1 is 1.29 bits per heavy atom. The van der Waals surface area contributed by atoms with E-state index in [2.05, 4.69) is 0 Å². The number of hydrogen-bond acceptors (Lipinski definition) is 3. The van der Waals surface area contributed by atoms with E-state index in [1.165, 1.54) is 23.7 Å². The predicted molar refractivity (Wildman–Crippen MR) is 72.9 cm³/mol. The summed E-state index contributed by atoms with van der Waals surface area (Å²) in [6.07, 6.45) is 0. The number of nitrogens with zero attached hydrogens (tertiary/aromatic N) is 2. The van der Waals surface area contributed by atoms with Gasteiger partial charge in [-0.3, -0.25) is 4.79 Å². The van der Waals surface area contributed by atoms with Gasteiger partial charge in [-0.1, -0.05) is 6.07 Å². The maximum absolute atomic E-state index is 14.1. The average molecular weight is 290 g/mol. The van der Waals surface area contributed by atoms with Gasteiger partial charge >= 0.3 is 0 Å². The van der Waals surface area contributed by atoms with Crippen molar-refractivity contribution < 1.29 is 13.5 Å². The quantitative estimate of drug-likeness (QED) is 0.873. The molecule has 0 atom stereocenters. The van der Waals surface area contributed by atoms with Crippen LogP contribution in [-0.2, 0) is 7.05 Å². The number of rotatable bonds is 3. The minimum atomic E-state index is -0.859. The molecule has 4 nitrogen and oxygen atoms in total. The summed E-state index contributed by atoms with van der Waals surface area (Å²) in [7, 11) is 1.45. The van der Waals surface area contributed by atoms with E-state index in [0.717, 1.165) is 12.1 Å². The van der Waals surface area contributed by atoms with E-state index in [1.54, 1.807) is 13.0 Å². The van der Waals surface area contributed by atoms with Crippen LogP contribution in [0.25, 0.3) is 11.3 Å². The average Bonchev–Trinajstić information content (AvgIpc) is 2.44. The van der Waals surface area contributed by atoms with Crippen LogP contribution in [0.15, 0.2) is 29.1 Å². The van der Waals surface area contributed by atoms with E-state index < -0.39 is 11.6 Å². The first-order valence-corrected chi connectivity index (χ1v) is 6.11. The molecule has 1 aromatic carbocycles. The molecule has 0 aliphatic rings. The minimum Gasteiger partial charge on any atom is -0.479 e. The highest BCUT2D eigenvalue weighted by Crippen LogP contribution is 2.29. The zero-order valence-electron chi connectivity index (χ0n) is 11.5. The van der Waals surface area contributed by atoms with Crippen LogP contribution < -0.4 is 10.3 Å². The van der Waals surface area contributed by atoms with Gasteiger partial charge in [0, 0.05) is 24.7 Å². The molecule has 0 aliphatic heterocycles. The number of nitriles is 1. The molecule has 2 aromatic rings. The first-order valence-electron chi connectivity index (χ1n) is 6.11. The standard InChI is InChI=1S/C15H12F2N2O2/c1-9-3-4-13(19(2)15(9)20)14-11(16)7-10(8-12(14)17)21-6-5-18/h3-4,7-8H,6H2,1-2H3. The van der Waals surface area contributed by atoms with Crippen LogP contribution in [0.2, 0.25) is 0 Å². The number of pyridine rings is 1. The van der Waals surface area contributed by atoms with Crippen LogP contribution in [0.4, 0.5) is 8.78 Å². The number of halogens is 2. The third-order valence-electron chi connectivity index (χ3n) is 3.07. The van der Waals surface area contributed by atoms with E-state index in [1.807, 2.05) is 0 Å². The lowest BCUT2D eigenvalue weighted by Crippen LogP contribution is -2.20. The summed E-state index contributed by atoms with van der Waals surface area (Å²) in [6.45, 7) is 1.32. The largest absolute Gasteiger partial charge is 0.479 e. The maximum Gasteiger partial charge on any atom is 0.253 e. The zero-order chi connectivity index (χ0) is 15.6. The second kappa shape index (κ2) is 5.75. The molecule has 0 saturated carbocycles. The lowest BCUT2D eigenvalue weighted by molar-refractivity contribution is 0.363. The molecule has 1 aromatic heterocycles. The van der Waals surface area contributed by atoms with E-state index in [-0.39, 0.29) is 29.2 Å². The summed E-state index contributed by atoms with van der Waals surface area (Å²) >= 11 is 0. The second-order valence-electron chi connectivity index (χ2n) is 4.47. The van der Waals surface area contributed by atoms with Crippen molar-refractivity contribution in [3.63, 3.8) is 0 Å². The first-order chi connectivity index (χ1) is 9.95. The molecular formula is C15H12F2N2O2. The third-order valence-corrected chi connectivity index (χ3v) is 3.07. The summed E-state index contributed by atoms with van der Waals surface area (Å²) < 4.78 is 34.3. The predicted octanol–water partition coefficient (Wildman–Crippen LogP) is 2.54. The van der Waals surface area contributed by atoms with E-state index in [4.69, 9.17) is 10.00 Å². The number of aromatic nitrogens is 1. The molecule has 6 heteroatoms. The maximum atomic E-state index is 14.1. The molecule has 0 N–H and O–H groups in total. The monoisotopic (exact) mass is 290 g/mol. The van der Waals surface area contributed by atoms with E-state index >= 15 is 0 Å². The fraction of sp³-hybridized carbons (Fsp3) is 0.200. The lowest BCUT2D eigenvalue weighted by Gasteiger charge is -2.12. The molecule has 0 aliphatic carbocycles. The van der Waals surface area contributed by atoms with Gasteiger partial charge in [0.25, 0.3) is 5.56 Å². The van der Waals surface area contributed by atoms with Crippen molar-refractivity contribution >= 4 is 0 Å². The molecule has 21 heavy (non-hydrogen) atoms. The van der Waals surface area contributed by atoms with Crippen LogP contribution in [0, 0.1) is 29.9 Å². The summed E-state index contributed by atoms with van der Waals surface area (Å²) in [5.41, 5.74) is -0.0153. The van der Waals surface area contributed by atoms with E-state index in [9.17, 15) is 13.6 Å². The van der Waals surface area contributed by atoms with Crippen LogP contribution in [0.1, 0.15) is 5.56 Å². The fourth-order valence-corrected chi connectivity index (χ4v) is 2.01. The van der Waals surface area contributed by atoms with Crippen molar-refractivity contribution in [1.82, 2.24) is 4.57 Å². The summed E-state index contributed by atoms with van der Waals surface area (Å²) in [4.78, 5) is 11.9. The normalized spacial score (nSPS) is 10.2. The highest BCUT2D eigenvalue weighted by Gasteiger charge is 2.17. The molecule has 108 valence electrons. The molecular weight excluding hydrogens is 278 g/mol. The molecule has 0 saturated heterocycles. The Labute approximate surface area is 119 Å². The molecule has 2 rings (SSSR count). The summed E-state index contributed by atoms with van der Waals surface area (Å²) in [6, 6.07) is 6.67. The second-order valence-corrected chi connectivity index (χ2v) is 4.47. The first kappa shape index (κ1) is 14.7. The van der Waals surface area contributed by atoms with Gasteiger partial charge in [0.1, 0.15) is 23.5 Å².